The molecular weight excluding hydrogens is 194 g/mol. The maximum absolute atomic E-state index is 11.2. The number of carboxylic acids is 1. The average Bonchev–Trinajstić information content (AvgIpc) is 2.13. The molecule has 1 saturated heterocycles. The van der Waals surface area contributed by atoms with E-state index in [0.717, 1.165) is 0 Å². The highest BCUT2D eigenvalue weighted by Crippen LogP contribution is 2.13. The Bertz CT molecular complexity index is 255. The standard InChI is InChI=1S/C7H11NO6/c1-3(7(12)13)8-6(11)5(10)4(9)2-14-8/h3-5,9-10H,2H2,1H3,(H,12,13). The van der Waals surface area contributed by atoms with Crippen LogP contribution in [0.3, 0.4) is 0 Å². The topological polar surface area (TPSA) is 107 Å². The molecular formula is C7H11NO6. The summed E-state index contributed by atoms with van der Waals surface area (Å²) in [5.41, 5.74) is 0. The van der Waals surface area contributed by atoms with E-state index in [1.807, 2.05) is 0 Å². The van der Waals surface area contributed by atoms with Crippen LogP contribution in [0.5, 0.6) is 0 Å². The number of hydroxylamine groups is 2. The van der Waals surface area contributed by atoms with Crippen molar-refractivity contribution in [2.75, 3.05) is 6.61 Å². The van der Waals surface area contributed by atoms with Crippen molar-refractivity contribution >= 4 is 11.9 Å². The lowest BCUT2D eigenvalue weighted by molar-refractivity contribution is -0.246. The predicted octanol–water partition coefficient (Wildman–Crippen LogP) is -2.04. The van der Waals surface area contributed by atoms with Crippen molar-refractivity contribution in [3.8, 4) is 0 Å². The third-order valence-corrected chi connectivity index (χ3v) is 1.93. The number of carbonyl (C=O) groups excluding carboxylic acids is 1. The van der Waals surface area contributed by atoms with Crippen LogP contribution in [0, 0.1) is 0 Å². The first kappa shape index (κ1) is 10.9. The quantitative estimate of drug-likeness (QED) is 0.479. The van der Waals surface area contributed by atoms with Gasteiger partial charge in [-0.3, -0.25) is 9.63 Å². The molecule has 80 valence electrons. The van der Waals surface area contributed by atoms with E-state index in [2.05, 4.69) is 4.84 Å². The second-order valence-corrected chi connectivity index (χ2v) is 2.99. The van der Waals surface area contributed by atoms with E-state index in [4.69, 9.17) is 15.3 Å². The van der Waals surface area contributed by atoms with Crippen molar-refractivity contribution in [1.82, 2.24) is 5.06 Å². The maximum atomic E-state index is 11.2. The Morgan fingerprint density at radius 3 is 2.71 bits per heavy atom. The van der Waals surface area contributed by atoms with E-state index in [0.29, 0.717) is 5.06 Å². The number of rotatable bonds is 2. The lowest BCUT2D eigenvalue weighted by Gasteiger charge is -2.33. The molecule has 0 spiro atoms. The van der Waals surface area contributed by atoms with Gasteiger partial charge in [-0.05, 0) is 6.92 Å². The summed E-state index contributed by atoms with van der Waals surface area (Å²) in [4.78, 5) is 26.4. The average molecular weight is 205 g/mol. The highest BCUT2D eigenvalue weighted by molar-refractivity contribution is 5.85. The number of carboxylic acid groups (broad SMARTS) is 1. The molecule has 0 aromatic carbocycles. The highest BCUT2D eigenvalue weighted by atomic mass is 16.7. The minimum atomic E-state index is -1.62. The van der Waals surface area contributed by atoms with Gasteiger partial charge in [-0.2, -0.15) is 0 Å². The van der Waals surface area contributed by atoms with E-state index in [9.17, 15) is 9.59 Å². The van der Waals surface area contributed by atoms with Gasteiger partial charge in [0.05, 0.1) is 0 Å². The summed E-state index contributed by atoms with van der Waals surface area (Å²) in [6.07, 6.45) is -2.93. The second kappa shape index (κ2) is 3.91. The molecule has 1 fully saturated rings. The Labute approximate surface area is 79.5 Å². The SMILES string of the molecule is CC(C(=O)O)N1OCC(O)C(O)C1=O. The molecule has 7 nitrogen and oxygen atoms in total. The molecule has 1 aliphatic heterocycles. The number of aliphatic carboxylic acids is 1. The molecule has 1 heterocycles. The summed E-state index contributed by atoms with van der Waals surface area (Å²) in [6.45, 7) is 0.940. The second-order valence-electron chi connectivity index (χ2n) is 2.99. The van der Waals surface area contributed by atoms with Crippen molar-refractivity contribution in [3.05, 3.63) is 0 Å². The van der Waals surface area contributed by atoms with Gasteiger partial charge in [0, 0.05) is 0 Å². The van der Waals surface area contributed by atoms with Gasteiger partial charge in [0.2, 0.25) is 0 Å². The van der Waals surface area contributed by atoms with Crippen LogP contribution in [0.2, 0.25) is 0 Å². The number of aliphatic hydroxyl groups is 2. The molecule has 7 heteroatoms. The smallest absolute Gasteiger partial charge is 0.328 e. The van der Waals surface area contributed by atoms with Crippen LogP contribution in [-0.2, 0) is 14.4 Å². The van der Waals surface area contributed by atoms with Crippen LogP contribution < -0.4 is 0 Å². The van der Waals surface area contributed by atoms with Crippen LogP contribution in [0.1, 0.15) is 6.92 Å². The number of amides is 1. The molecule has 1 aliphatic rings. The summed E-state index contributed by atoms with van der Waals surface area (Å²) < 4.78 is 0. The van der Waals surface area contributed by atoms with Gasteiger partial charge in [0.15, 0.2) is 12.1 Å². The molecule has 0 radical (unpaired) electrons. The Morgan fingerprint density at radius 1 is 1.64 bits per heavy atom. The van der Waals surface area contributed by atoms with Gasteiger partial charge >= 0.3 is 5.97 Å². The van der Waals surface area contributed by atoms with Crippen LogP contribution >= 0.6 is 0 Å². The van der Waals surface area contributed by atoms with E-state index in [1.54, 1.807) is 0 Å². The van der Waals surface area contributed by atoms with Crippen LogP contribution in [0.25, 0.3) is 0 Å². The van der Waals surface area contributed by atoms with Gasteiger partial charge < -0.3 is 15.3 Å². The molecule has 3 N–H and O–H groups in total. The monoisotopic (exact) mass is 205 g/mol. The minimum absolute atomic E-state index is 0.301. The largest absolute Gasteiger partial charge is 0.480 e. The molecule has 0 aromatic heterocycles. The van der Waals surface area contributed by atoms with Crippen molar-refractivity contribution in [1.29, 1.82) is 0 Å². The third kappa shape index (κ3) is 1.84. The van der Waals surface area contributed by atoms with Gasteiger partial charge in [-0.25, -0.2) is 9.86 Å². The van der Waals surface area contributed by atoms with Gasteiger partial charge in [0.25, 0.3) is 5.91 Å². The summed E-state index contributed by atoms with van der Waals surface area (Å²) in [5.74, 6) is -2.19. The first-order valence-electron chi connectivity index (χ1n) is 4.00. The lowest BCUT2D eigenvalue weighted by Crippen LogP contribution is -2.56. The van der Waals surface area contributed by atoms with Crippen molar-refractivity contribution in [2.24, 2.45) is 0 Å². The molecule has 0 aromatic rings. The fourth-order valence-electron chi connectivity index (χ4n) is 1.01. The summed E-state index contributed by atoms with van der Waals surface area (Å²) in [5, 5.41) is 27.3. The first-order chi connectivity index (χ1) is 6.45. The molecule has 3 unspecified atom stereocenters. The number of nitrogens with zero attached hydrogens (tertiary/aromatic N) is 1. The zero-order valence-electron chi connectivity index (χ0n) is 7.45. The van der Waals surface area contributed by atoms with E-state index in [1.165, 1.54) is 6.92 Å². The van der Waals surface area contributed by atoms with Crippen molar-refractivity contribution in [2.45, 2.75) is 25.2 Å². The molecule has 1 rings (SSSR count). The Balaban J connectivity index is 2.73. The highest BCUT2D eigenvalue weighted by Gasteiger charge is 2.39. The van der Waals surface area contributed by atoms with Gasteiger partial charge in [0.1, 0.15) is 12.7 Å². The normalized spacial score (nSPS) is 30.2. The van der Waals surface area contributed by atoms with E-state index < -0.39 is 30.1 Å². The molecule has 1 amide bonds. The van der Waals surface area contributed by atoms with Crippen LogP contribution in [0.15, 0.2) is 0 Å². The fourth-order valence-corrected chi connectivity index (χ4v) is 1.01. The van der Waals surface area contributed by atoms with Crippen LogP contribution in [0.4, 0.5) is 0 Å². The first-order valence-corrected chi connectivity index (χ1v) is 4.00. The molecule has 0 saturated carbocycles. The number of aliphatic hydroxyl groups excluding tert-OH is 2. The van der Waals surface area contributed by atoms with Crippen molar-refractivity contribution < 1.29 is 29.7 Å². The maximum Gasteiger partial charge on any atom is 0.328 e. The van der Waals surface area contributed by atoms with Gasteiger partial charge in [-0.1, -0.05) is 0 Å². The molecule has 0 bridgehead atoms. The fraction of sp³-hybridized carbons (Fsp3) is 0.714. The Hall–Kier alpha value is -1.18. The molecule has 3 atom stereocenters. The zero-order chi connectivity index (χ0) is 10.9. The van der Waals surface area contributed by atoms with E-state index >= 15 is 0 Å². The number of carbonyl (C=O) groups is 2. The van der Waals surface area contributed by atoms with Gasteiger partial charge in [-0.15, -0.1) is 0 Å². The zero-order valence-corrected chi connectivity index (χ0v) is 7.45. The number of hydrogen-bond donors (Lipinski definition) is 3. The Morgan fingerprint density at radius 2 is 2.21 bits per heavy atom. The molecule has 14 heavy (non-hydrogen) atoms. The predicted molar refractivity (Wildman–Crippen MR) is 41.9 cm³/mol. The number of hydrogen-bond acceptors (Lipinski definition) is 5. The summed E-state index contributed by atoms with van der Waals surface area (Å²) in [6, 6.07) is -1.19. The lowest BCUT2D eigenvalue weighted by atomic mass is 10.1. The third-order valence-electron chi connectivity index (χ3n) is 1.93. The summed E-state index contributed by atoms with van der Waals surface area (Å²) in [7, 11) is 0. The molecule has 0 aliphatic carbocycles. The minimum Gasteiger partial charge on any atom is -0.480 e. The van der Waals surface area contributed by atoms with Crippen LogP contribution in [-0.4, -0.2) is 57.1 Å². The summed E-state index contributed by atoms with van der Waals surface area (Å²) >= 11 is 0. The van der Waals surface area contributed by atoms with Crippen molar-refractivity contribution in [3.63, 3.8) is 0 Å². The Kier molecular flexibility index (Phi) is 3.04. The van der Waals surface area contributed by atoms with E-state index in [-0.39, 0.29) is 6.61 Å².